The number of aryl methyl sites for hydroxylation is 2. The van der Waals surface area contributed by atoms with Crippen molar-refractivity contribution in [2.24, 2.45) is 0 Å². The maximum Gasteiger partial charge on any atom is 0.0850 e. The molecule has 0 radical (unpaired) electrons. The quantitative estimate of drug-likeness (QED) is 0.851. The Hall–Kier alpha value is -0.910. The van der Waals surface area contributed by atoms with Crippen molar-refractivity contribution in [2.75, 3.05) is 6.54 Å². The molecule has 2 rings (SSSR count). The van der Waals surface area contributed by atoms with Gasteiger partial charge in [-0.1, -0.05) is 25.4 Å². The summed E-state index contributed by atoms with van der Waals surface area (Å²) in [5, 5.41) is 11.0. The molecule has 0 fully saturated rings. The highest BCUT2D eigenvalue weighted by molar-refractivity contribution is 7.07. The van der Waals surface area contributed by atoms with E-state index in [0.717, 1.165) is 48.0 Å². The van der Waals surface area contributed by atoms with Gasteiger partial charge in [0.05, 0.1) is 33.7 Å². The minimum absolute atomic E-state index is 0.190. The van der Waals surface area contributed by atoms with E-state index in [1.54, 1.807) is 11.3 Å². The molecule has 2 aromatic heterocycles. The fraction of sp³-hybridized carbons (Fsp3) is 0.571. The summed E-state index contributed by atoms with van der Waals surface area (Å²) in [5.74, 6) is 0. The van der Waals surface area contributed by atoms with Crippen LogP contribution < -0.4 is 5.32 Å². The number of nitrogens with one attached hydrogen (secondary N) is 1. The Kier molecular flexibility index (Phi) is 5.57. The third kappa shape index (κ3) is 3.22. The molecule has 6 heteroatoms. The van der Waals surface area contributed by atoms with Crippen LogP contribution in [0, 0.1) is 0 Å². The number of aromatic nitrogens is 3. The standard InChI is InChI=1S/C14H21ClN4S/c1-4-10-14(15)13(19(6-3)18-10)7-11(16-5-2)12-8-20-9-17-12/h8-9,11,16H,4-7H2,1-3H3. The van der Waals surface area contributed by atoms with Crippen LogP contribution >= 0.6 is 22.9 Å². The minimum Gasteiger partial charge on any atom is -0.309 e. The zero-order chi connectivity index (χ0) is 14.5. The predicted octanol–water partition coefficient (Wildman–Crippen LogP) is 3.47. The summed E-state index contributed by atoms with van der Waals surface area (Å²) in [6.07, 6.45) is 1.68. The Bertz CT molecular complexity index is 536. The second-order valence-electron chi connectivity index (χ2n) is 4.60. The zero-order valence-corrected chi connectivity index (χ0v) is 13.8. The number of hydrogen-bond acceptors (Lipinski definition) is 4. The smallest absolute Gasteiger partial charge is 0.0850 e. The van der Waals surface area contributed by atoms with E-state index in [9.17, 15) is 0 Å². The Morgan fingerprint density at radius 1 is 1.40 bits per heavy atom. The van der Waals surface area contributed by atoms with E-state index < -0.39 is 0 Å². The molecule has 0 aliphatic rings. The van der Waals surface area contributed by atoms with Crippen molar-refractivity contribution in [3.05, 3.63) is 33.0 Å². The lowest BCUT2D eigenvalue weighted by Gasteiger charge is -2.16. The molecule has 0 aliphatic carbocycles. The lowest BCUT2D eigenvalue weighted by molar-refractivity contribution is 0.508. The molecule has 0 spiro atoms. The van der Waals surface area contributed by atoms with Gasteiger partial charge in [0.25, 0.3) is 0 Å². The molecule has 20 heavy (non-hydrogen) atoms. The Labute approximate surface area is 129 Å². The molecule has 0 saturated carbocycles. The van der Waals surface area contributed by atoms with Gasteiger partial charge >= 0.3 is 0 Å². The number of likely N-dealkylation sites (N-methyl/N-ethyl adjacent to an activating group) is 1. The SMILES string of the molecule is CCNC(Cc1c(Cl)c(CC)nn1CC)c1cscn1. The Balaban J connectivity index is 2.28. The number of thiazole rings is 1. The van der Waals surface area contributed by atoms with Gasteiger partial charge in [0.1, 0.15) is 0 Å². The van der Waals surface area contributed by atoms with Crippen LogP contribution in [0.5, 0.6) is 0 Å². The second kappa shape index (κ2) is 7.20. The van der Waals surface area contributed by atoms with Gasteiger partial charge in [-0.05, 0) is 19.9 Å². The number of rotatable bonds is 7. The van der Waals surface area contributed by atoms with Crippen LogP contribution in [0.15, 0.2) is 10.9 Å². The van der Waals surface area contributed by atoms with Crippen molar-refractivity contribution in [3.63, 3.8) is 0 Å². The Morgan fingerprint density at radius 2 is 2.20 bits per heavy atom. The summed E-state index contributed by atoms with van der Waals surface area (Å²) in [6.45, 7) is 8.03. The molecule has 0 saturated heterocycles. The molecule has 1 atom stereocenters. The first-order valence-electron chi connectivity index (χ1n) is 7.06. The molecule has 4 nitrogen and oxygen atoms in total. The van der Waals surface area contributed by atoms with Crippen LogP contribution in [-0.2, 0) is 19.4 Å². The molecular weight excluding hydrogens is 292 g/mol. The van der Waals surface area contributed by atoms with Gasteiger partial charge < -0.3 is 5.32 Å². The average molecular weight is 313 g/mol. The van der Waals surface area contributed by atoms with Gasteiger partial charge in [0.15, 0.2) is 0 Å². The van der Waals surface area contributed by atoms with Crippen LogP contribution in [0.1, 0.15) is 43.9 Å². The molecule has 0 amide bonds. The molecule has 110 valence electrons. The lowest BCUT2D eigenvalue weighted by atomic mass is 10.1. The van der Waals surface area contributed by atoms with Crippen molar-refractivity contribution in [2.45, 2.75) is 46.2 Å². The van der Waals surface area contributed by atoms with E-state index in [4.69, 9.17) is 11.6 Å². The first-order chi connectivity index (χ1) is 9.71. The first kappa shape index (κ1) is 15.5. The van der Waals surface area contributed by atoms with Crippen molar-refractivity contribution in [1.29, 1.82) is 0 Å². The van der Waals surface area contributed by atoms with Crippen molar-refractivity contribution < 1.29 is 0 Å². The summed E-state index contributed by atoms with van der Waals surface area (Å²) < 4.78 is 2.01. The van der Waals surface area contributed by atoms with Crippen LogP contribution in [0.4, 0.5) is 0 Å². The van der Waals surface area contributed by atoms with Gasteiger partial charge in [-0.15, -0.1) is 11.3 Å². The van der Waals surface area contributed by atoms with Crippen LogP contribution in [0.3, 0.4) is 0 Å². The number of hydrogen-bond donors (Lipinski definition) is 1. The molecule has 0 bridgehead atoms. The summed E-state index contributed by atoms with van der Waals surface area (Å²) in [5.41, 5.74) is 5.03. The molecule has 1 N–H and O–H groups in total. The summed E-state index contributed by atoms with van der Waals surface area (Å²) in [4.78, 5) is 4.43. The molecule has 2 heterocycles. The highest BCUT2D eigenvalue weighted by atomic mass is 35.5. The third-order valence-electron chi connectivity index (χ3n) is 3.35. The van der Waals surface area contributed by atoms with Gasteiger partial charge in [-0.3, -0.25) is 4.68 Å². The topological polar surface area (TPSA) is 42.7 Å². The van der Waals surface area contributed by atoms with Crippen LogP contribution in [-0.4, -0.2) is 21.3 Å². The molecule has 0 aromatic carbocycles. The highest BCUT2D eigenvalue weighted by Crippen LogP contribution is 2.27. The van der Waals surface area contributed by atoms with Gasteiger partial charge in [-0.2, -0.15) is 5.10 Å². The first-order valence-corrected chi connectivity index (χ1v) is 8.38. The largest absolute Gasteiger partial charge is 0.309 e. The normalized spacial score (nSPS) is 12.8. The monoisotopic (exact) mass is 312 g/mol. The Morgan fingerprint density at radius 3 is 2.75 bits per heavy atom. The van der Waals surface area contributed by atoms with Gasteiger partial charge in [0.2, 0.25) is 0 Å². The van der Waals surface area contributed by atoms with E-state index in [-0.39, 0.29) is 6.04 Å². The predicted molar refractivity (Wildman–Crippen MR) is 84.5 cm³/mol. The van der Waals surface area contributed by atoms with Crippen molar-refractivity contribution in [1.82, 2.24) is 20.1 Å². The van der Waals surface area contributed by atoms with E-state index in [2.05, 4.69) is 41.6 Å². The van der Waals surface area contributed by atoms with E-state index in [1.807, 2.05) is 10.2 Å². The van der Waals surface area contributed by atoms with Crippen molar-refractivity contribution >= 4 is 22.9 Å². The number of nitrogens with zero attached hydrogens (tertiary/aromatic N) is 3. The van der Waals surface area contributed by atoms with Crippen LogP contribution in [0.2, 0.25) is 5.02 Å². The highest BCUT2D eigenvalue weighted by Gasteiger charge is 2.20. The van der Waals surface area contributed by atoms with Crippen molar-refractivity contribution in [3.8, 4) is 0 Å². The molecule has 0 aliphatic heterocycles. The fourth-order valence-electron chi connectivity index (χ4n) is 2.33. The average Bonchev–Trinajstić information content (AvgIpc) is 3.07. The maximum atomic E-state index is 6.49. The van der Waals surface area contributed by atoms with Crippen LogP contribution in [0.25, 0.3) is 0 Å². The second-order valence-corrected chi connectivity index (χ2v) is 5.70. The molecule has 1 unspecified atom stereocenters. The van der Waals surface area contributed by atoms with E-state index in [0.29, 0.717) is 0 Å². The van der Waals surface area contributed by atoms with Gasteiger partial charge in [-0.25, -0.2) is 4.98 Å². The van der Waals surface area contributed by atoms with E-state index >= 15 is 0 Å². The third-order valence-corrected chi connectivity index (χ3v) is 4.39. The minimum atomic E-state index is 0.190. The van der Waals surface area contributed by atoms with Gasteiger partial charge in [0, 0.05) is 18.3 Å². The maximum absolute atomic E-state index is 6.49. The lowest BCUT2D eigenvalue weighted by Crippen LogP contribution is -2.24. The summed E-state index contributed by atoms with van der Waals surface area (Å²) in [7, 11) is 0. The number of halogens is 1. The summed E-state index contributed by atoms with van der Waals surface area (Å²) in [6, 6.07) is 0.190. The molecular formula is C14H21ClN4S. The fourth-order valence-corrected chi connectivity index (χ4v) is 3.28. The van der Waals surface area contributed by atoms with E-state index in [1.165, 1.54) is 0 Å². The zero-order valence-electron chi connectivity index (χ0n) is 12.2. The summed E-state index contributed by atoms with van der Waals surface area (Å²) >= 11 is 8.11. The molecule has 2 aromatic rings.